The van der Waals surface area contributed by atoms with Gasteiger partial charge in [-0.2, -0.15) is 0 Å². The van der Waals surface area contributed by atoms with Crippen LogP contribution in [0.5, 0.6) is 0 Å². The van der Waals surface area contributed by atoms with Crippen LogP contribution >= 0.6 is 22.9 Å². The van der Waals surface area contributed by atoms with Gasteiger partial charge in [-0.05, 0) is 12.8 Å². The van der Waals surface area contributed by atoms with Crippen molar-refractivity contribution >= 4 is 28.8 Å². The lowest BCUT2D eigenvalue weighted by Crippen LogP contribution is -2.04. The standard InChI is InChI=1S/C12H15ClN4S/c1-4-14-10-5-8(7(2)3)16-11(17-10)12-15-6-9(13)18-12/h5-7H,4H2,1-3H3,(H,14,16,17). The second kappa shape index (κ2) is 5.63. The molecule has 6 heteroatoms. The van der Waals surface area contributed by atoms with E-state index in [4.69, 9.17) is 11.6 Å². The Bertz CT molecular complexity index is 539. The average molecular weight is 283 g/mol. The van der Waals surface area contributed by atoms with Crippen molar-refractivity contribution in [2.24, 2.45) is 0 Å². The van der Waals surface area contributed by atoms with Crippen LogP contribution in [0.15, 0.2) is 12.3 Å². The zero-order valence-corrected chi connectivity index (χ0v) is 12.1. The van der Waals surface area contributed by atoms with Crippen molar-refractivity contribution in [3.8, 4) is 10.8 Å². The molecule has 18 heavy (non-hydrogen) atoms. The molecule has 0 aliphatic heterocycles. The molecule has 0 amide bonds. The Kier molecular flexibility index (Phi) is 4.14. The average Bonchev–Trinajstić information content (AvgIpc) is 2.76. The first-order chi connectivity index (χ1) is 8.60. The van der Waals surface area contributed by atoms with Gasteiger partial charge in [0.2, 0.25) is 0 Å². The molecular formula is C12H15ClN4S. The van der Waals surface area contributed by atoms with Crippen LogP contribution in [0.2, 0.25) is 4.34 Å². The Morgan fingerprint density at radius 3 is 2.72 bits per heavy atom. The summed E-state index contributed by atoms with van der Waals surface area (Å²) < 4.78 is 0.647. The van der Waals surface area contributed by atoms with Gasteiger partial charge in [0.25, 0.3) is 0 Å². The van der Waals surface area contributed by atoms with E-state index in [2.05, 4.69) is 34.1 Å². The van der Waals surface area contributed by atoms with Gasteiger partial charge < -0.3 is 5.32 Å². The van der Waals surface area contributed by atoms with Gasteiger partial charge >= 0.3 is 0 Å². The van der Waals surface area contributed by atoms with E-state index in [-0.39, 0.29) is 0 Å². The maximum Gasteiger partial charge on any atom is 0.190 e. The molecule has 4 nitrogen and oxygen atoms in total. The molecule has 0 fully saturated rings. The molecular weight excluding hydrogens is 268 g/mol. The van der Waals surface area contributed by atoms with Crippen molar-refractivity contribution in [2.45, 2.75) is 26.7 Å². The topological polar surface area (TPSA) is 50.7 Å². The molecule has 2 aromatic rings. The first-order valence-corrected chi connectivity index (χ1v) is 7.04. The molecule has 0 radical (unpaired) electrons. The van der Waals surface area contributed by atoms with Crippen LogP contribution in [0.1, 0.15) is 32.4 Å². The normalized spacial score (nSPS) is 10.9. The quantitative estimate of drug-likeness (QED) is 0.926. The predicted molar refractivity (Wildman–Crippen MR) is 76.4 cm³/mol. The zero-order chi connectivity index (χ0) is 13.1. The third-order valence-electron chi connectivity index (χ3n) is 2.36. The molecule has 0 saturated carbocycles. The highest BCUT2D eigenvalue weighted by Crippen LogP contribution is 2.27. The molecule has 0 atom stereocenters. The Morgan fingerprint density at radius 2 is 2.17 bits per heavy atom. The van der Waals surface area contributed by atoms with E-state index in [1.165, 1.54) is 11.3 Å². The molecule has 0 bridgehead atoms. The van der Waals surface area contributed by atoms with Crippen LogP contribution in [0, 0.1) is 0 Å². The molecule has 96 valence electrons. The number of aromatic nitrogens is 3. The monoisotopic (exact) mass is 282 g/mol. The van der Waals surface area contributed by atoms with Gasteiger partial charge in [0.1, 0.15) is 10.2 Å². The van der Waals surface area contributed by atoms with Gasteiger partial charge in [0.05, 0.1) is 6.20 Å². The molecule has 0 aromatic carbocycles. The van der Waals surface area contributed by atoms with Crippen LogP contribution in [0.25, 0.3) is 10.8 Å². The molecule has 0 spiro atoms. The molecule has 0 aliphatic carbocycles. The summed E-state index contributed by atoms with van der Waals surface area (Å²) >= 11 is 7.29. The maximum absolute atomic E-state index is 5.90. The van der Waals surface area contributed by atoms with E-state index in [1.54, 1.807) is 6.20 Å². The van der Waals surface area contributed by atoms with Crippen molar-refractivity contribution in [3.05, 3.63) is 22.3 Å². The number of hydrogen-bond acceptors (Lipinski definition) is 5. The largest absolute Gasteiger partial charge is 0.370 e. The Balaban J connectivity index is 2.45. The molecule has 0 saturated heterocycles. The van der Waals surface area contributed by atoms with Crippen molar-refractivity contribution in [1.29, 1.82) is 0 Å². The van der Waals surface area contributed by atoms with Gasteiger partial charge in [-0.15, -0.1) is 0 Å². The van der Waals surface area contributed by atoms with Gasteiger partial charge in [-0.3, -0.25) is 0 Å². The molecule has 2 rings (SSSR count). The lowest BCUT2D eigenvalue weighted by Gasteiger charge is -2.09. The van der Waals surface area contributed by atoms with Crippen LogP contribution in [0.4, 0.5) is 5.82 Å². The second-order valence-corrected chi connectivity index (χ2v) is 5.82. The summed E-state index contributed by atoms with van der Waals surface area (Å²) in [4.78, 5) is 13.2. The molecule has 0 aliphatic rings. The van der Waals surface area contributed by atoms with Crippen LogP contribution < -0.4 is 5.32 Å². The first kappa shape index (κ1) is 13.2. The fraction of sp³-hybridized carbons (Fsp3) is 0.417. The summed E-state index contributed by atoms with van der Waals surface area (Å²) in [5.74, 6) is 1.81. The fourth-order valence-corrected chi connectivity index (χ4v) is 2.33. The smallest absolute Gasteiger partial charge is 0.190 e. The van der Waals surface area contributed by atoms with Crippen LogP contribution in [0.3, 0.4) is 0 Å². The molecule has 2 aromatic heterocycles. The Hall–Kier alpha value is -1.20. The lowest BCUT2D eigenvalue weighted by molar-refractivity contribution is 0.816. The summed E-state index contributed by atoms with van der Waals surface area (Å²) in [5, 5.41) is 3.96. The summed E-state index contributed by atoms with van der Waals surface area (Å²) in [6.07, 6.45) is 1.62. The SMILES string of the molecule is CCNc1cc(C(C)C)nc(-c2ncc(Cl)s2)n1. The van der Waals surface area contributed by atoms with E-state index >= 15 is 0 Å². The van der Waals surface area contributed by atoms with Crippen LogP contribution in [-0.2, 0) is 0 Å². The van der Waals surface area contributed by atoms with Crippen LogP contribution in [-0.4, -0.2) is 21.5 Å². The van der Waals surface area contributed by atoms with E-state index in [0.717, 1.165) is 23.1 Å². The number of nitrogens with zero attached hydrogens (tertiary/aromatic N) is 3. The van der Waals surface area contributed by atoms with E-state index < -0.39 is 0 Å². The third-order valence-corrected chi connectivity index (χ3v) is 3.47. The predicted octanol–water partition coefficient (Wildman–Crippen LogP) is 3.81. The molecule has 0 unspecified atom stereocenters. The minimum Gasteiger partial charge on any atom is -0.370 e. The second-order valence-electron chi connectivity index (χ2n) is 4.16. The van der Waals surface area contributed by atoms with Gasteiger partial charge in [-0.25, -0.2) is 15.0 Å². The van der Waals surface area contributed by atoms with Crippen molar-refractivity contribution in [2.75, 3.05) is 11.9 Å². The number of nitrogens with one attached hydrogen (secondary N) is 1. The molecule has 1 N–H and O–H groups in total. The summed E-state index contributed by atoms with van der Waals surface area (Å²) in [5.41, 5.74) is 1.00. The zero-order valence-electron chi connectivity index (χ0n) is 10.6. The summed E-state index contributed by atoms with van der Waals surface area (Å²) in [6.45, 7) is 7.08. The van der Waals surface area contributed by atoms with Gasteiger partial charge in [0, 0.05) is 18.3 Å². The minimum absolute atomic E-state index is 0.347. The van der Waals surface area contributed by atoms with E-state index in [9.17, 15) is 0 Å². The highest BCUT2D eigenvalue weighted by molar-refractivity contribution is 7.18. The molecule has 2 heterocycles. The number of thiazole rings is 1. The van der Waals surface area contributed by atoms with Crippen molar-refractivity contribution in [1.82, 2.24) is 15.0 Å². The number of hydrogen-bond donors (Lipinski definition) is 1. The highest BCUT2D eigenvalue weighted by Gasteiger charge is 2.12. The number of halogens is 1. The highest BCUT2D eigenvalue weighted by atomic mass is 35.5. The Labute approximate surface area is 115 Å². The fourth-order valence-electron chi connectivity index (χ4n) is 1.49. The number of rotatable bonds is 4. The minimum atomic E-state index is 0.347. The maximum atomic E-state index is 5.90. The van der Waals surface area contributed by atoms with Crippen molar-refractivity contribution < 1.29 is 0 Å². The lowest BCUT2D eigenvalue weighted by atomic mass is 10.1. The van der Waals surface area contributed by atoms with Gasteiger partial charge in [0.15, 0.2) is 10.8 Å². The van der Waals surface area contributed by atoms with Crippen molar-refractivity contribution in [3.63, 3.8) is 0 Å². The van der Waals surface area contributed by atoms with E-state index in [1.807, 2.05) is 13.0 Å². The van der Waals surface area contributed by atoms with E-state index in [0.29, 0.717) is 16.1 Å². The Morgan fingerprint density at radius 1 is 1.39 bits per heavy atom. The summed E-state index contributed by atoms with van der Waals surface area (Å²) in [6, 6.07) is 1.98. The number of anilines is 1. The van der Waals surface area contributed by atoms with Gasteiger partial charge in [-0.1, -0.05) is 36.8 Å². The third kappa shape index (κ3) is 2.97. The first-order valence-electron chi connectivity index (χ1n) is 5.84. The summed E-state index contributed by atoms with van der Waals surface area (Å²) in [7, 11) is 0.